The van der Waals surface area contributed by atoms with Gasteiger partial charge < -0.3 is 10.2 Å². The molecule has 3 unspecified atom stereocenters. The second-order valence-corrected chi connectivity index (χ2v) is 10.4. The summed E-state index contributed by atoms with van der Waals surface area (Å²) in [5.74, 6) is 0.223. The molecule has 0 spiro atoms. The van der Waals surface area contributed by atoms with Gasteiger partial charge in [0.1, 0.15) is 11.5 Å². The molecule has 1 N–H and O–H groups in total. The van der Waals surface area contributed by atoms with Crippen LogP contribution in [-0.4, -0.2) is 40.8 Å². The van der Waals surface area contributed by atoms with Crippen molar-refractivity contribution in [3.05, 3.63) is 75.1 Å². The Morgan fingerprint density at radius 3 is 2.84 bits per heavy atom. The molecule has 32 heavy (non-hydrogen) atoms. The predicted octanol–water partition coefficient (Wildman–Crippen LogP) is 4.91. The Labute approximate surface area is 197 Å². The minimum Gasteiger partial charge on any atom is -0.350 e. The molecule has 5 rings (SSSR count). The third kappa shape index (κ3) is 4.09. The maximum Gasteiger partial charge on any atom is 0.274 e. The number of aromatic nitrogens is 1. The highest BCUT2D eigenvalue weighted by molar-refractivity contribution is 9.10. The molecule has 8 heteroatoms. The van der Waals surface area contributed by atoms with E-state index >= 15 is 0 Å². The molecule has 3 aromatic rings. The van der Waals surface area contributed by atoms with Crippen LogP contribution in [0.3, 0.4) is 0 Å². The molecule has 0 radical (unpaired) electrons. The standard InChI is InChI=1S/C24H21BrFN3O2S/c1-13-28-21(22(32-13)14-4-3-7-18(26)9-14)24(31)29-12-16-10-19(16)20(29)11-27-23(30)15-5-2-6-17(25)8-15/h2-9,16,19-20H,10-12H2,1H3,(H,27,30). The van der Waals surface area contributed by atoms with Crippen molar-refractivity contribution in [1.82, 2.24) is 15.2 Å². The third-order valence-corrected chi connectivity index (χ3v) is 7.66. The number of carbonyl (C=O) groups is 2. The van der Waals surface area contributed by atoms with Gasteiger partial charge in [0, 0.05) is 23.1 Å². The van der Waals surface area contributed by atoms with Crippen molar-refractivity contribution in [2.75, 3.05) is 13.1 Å². The quantitative estimate of drug-likeness (QED) is 0.527. The molecular weight excluding hydrogens is 493 g/mol. The topological polar surface area (TPSA) is 62.3 Å². The summed E-state index contributed by atoms with van der Waals surface area (Å²) < 4.78 is 14.6. The van der Waals surface area contributed by atoms with Crippen LogP contribution in [0.1, 0.15) is 32.3 Å². The maximum atomic E-state index is 13.8. The van der Waals surface area contributed by atoms with Gasteiger partial charge in [-0.1, -0.05) is 34.1 Å². The zero-order valence-electron chi connectivity index (χ0n) is 17.3. The van der Waals surface area contributed by atoms with E-state index in [4.69, 9.17) is 0 Å². The summed E-state index contributed by atoms with van der Waals surface area (Å²) in [7, 11) is 0. The first kappa shape index (κ1) is 21.3. The van der Waals surface area contributed by atoms with E-state index in [1.807, 2.05) is 24.0 Å². The van der Waals surface area contributed by atoms with E-state index in [0.717, 1.165) is 15.9 Å². The molecule has 2 amide bonds. The zero-order chi connectivity index (χ0) is 22.4. The van der Waals surface area contributed by atoms with Gasteiger partial charge in [-0.05, 0) is 61.1 Å². The Morgan fingerprint density at radius 2 is 2.06 bits per heavy atom. The number of nitrogens with one attached hydrogen (secondary N) is 1. The van der Waals surface area contributed by atoms with E-state index < -0.39 is 0 Å². The summed E-state index contributed by atoms with van der Waals surface area (Å²) in [6.45, 7) is 2.91. The number of thiazole rings is 1. The Balaban J connectivity index is 1.36. The molecule has 2 heterocycles. The highest BCUT2D eigenvalue weighted by Gasteiger charge is 2.54. The molecule has 1 saturated heterocycles. The van der Waals surface area contributed by atoms with E-state index in [1.165, 1.54) is 23.5 Å². The number of hydrogen-bond acceptors (Lipinski definition) is 4. The van der Waals surface area contributed by atoms with Gasteiger partial charge in [-0.2, -0.15) is 0 Å². The first-order chi connectivity index (χ1) is 15.4. The van der Waals surface area contributed by atoms with Gasteiger partial charge in [0.05, 0.1) is 15.9 Å². The molecule has 2 aromatic carbocycles. The summed E-state index contributed by atoms with van der Waals surface area (Å²) in [5, 5.41) is 3.76. The van der Waals surface area contributed by atoms with E-state index in [9.17, 15) is 14.0 Å². The van der Waals surface area contributed by atoms with Crippen LogP contribution < -0.4 is 5.32 Å². The lowest BCUT2D eigenvalue weighted by Gasteiger charge is -2.27. The first-order valence-corrected chi connectivity index (χ1v) is 12.1. The number of nitrogens with zero attached hydrogens (tertiary/aromatic N) is 2. The number of likely N-dealkylation sites (tertiary alicyclic amines) is 1. The molecule has 1 aliphatic carbocycles. The fourth-order valence-electron chi connectivity index (χ4n) is 4.53. The number of hydrogen-bond donors (Lipinski definition) is 1. The monoisotopic (exact) mass is 513 g/mol. The third-order valence-electron chi connectivity index (χ3n) is 6.15. The number of aryl methyl sites for hydroxylation is 1. The van der Waals surface area contributed by atoms with E-state index in [1.54, 1.807) is 24.3 Å². The number of piperidine rings is 1. The minimum atomic E-state index is -0.345. The van der Waals surface area contributed by atoms with E-state index in [-0.39, 0.29) is 23.7 Å². The molecule has 3 atom stereocenters. The predicted molar refractivity (Wildman–Crippen MR) is 125 cm³/mol. The summed E-state index contributed by atoms with van der Waals surface area (Å²) in [6, 6.07) is 13.4. The van der Waals surface area contributed by atoms with E-state index in [2.05, 4.69) is 26.2 Å². The second-order valence-electron chi connectivity index (χ2n) is 8.33. The zero-order valence-corrected chi connectivity index (χ0v) is 19.7. The molecule has 0 bridgehead atoms. The molecule has 1 saturated carbocycles. The average molecular weight is 514 g/mol. The SMILES string of the molecule is Cc1nc(C(=O)N2CC3CC3C2CNC(=O)c2cccc(Br)c2)c(-c2cccc(F)c2)s1. The number of fused-ring (bicyclic) bond motifs is 1. The molecule has 2 aliphatic rings. The van der Waals surface area contributed by atoms with Crippen LogP contribution in [0, 0.1) is 24.6 Å². The fraction of sp³-hybridized carbons (Fsp3) is 0.292. The molecule has 1 aliphatic heterocycles. The van der Waals surface area contributed by atoms with Crippen LogP contribution in [0.15, 0.2) is 53.0 Å². The van der Waals surface area contributed by atoms with Crippen LogP contribution in [0.2, 0.25) is 0 Å². The lowest BCUT2D eigenvalue weighted by Crippen LogP contribution is -2.45. The Bertz CT molecular complexity index is 1210. The largest absolute Gasteiger partial charge is 0.350 e. The smallest absolute Gasteiger partial charge is 0.274 e. The van der Waals surface area contributed by atoms with E-state index in [0.29, 0.717) is 46.6 Å². The van der Waals surface area contributed by atoms with Crippen molar-refractivity contribution in [3.63, 3.8) is 0 Å². The summed E-state index contributed by atoms with van der Waals surface area (Å²) >= 11 is 4.78. The van der Waals surface area contributed by atoms with Crippen LogP contribution in [0.25, 0.3) is 10.4 Å². The number of rotatable bonds is 5. The number of carbonyl (C=O) groups excluding carboxylic acids is 2. The van der Waals surface area contributed by atoms with Crippen LogP contribution in [0.4, 0.5) is 4.39 Å². The van der Waals surface area contributed by atoms with Gasteiger partial charge in [-0.25, -0.2) is 9.37 Å². The molecular formula is C24H21BrFN3O2S. The Kier molecular flexibility index (Phi) is 5.59. The maximum absolute atomic E-state index is 13.8. The van der Waals surface area contributed by atoms with Gasteiger partial charge in [-0.15, -0.1) is 11.3 Å². The van der Waals surface area contributed by atoms with Crippen molar-refractivity contribution in [2.45, 2.75) is 19.4 Å². The Morgan fingerprint density at radius 1 is 1.25 bits per heavy atom. The minimum absolute atomic E-state index is 0.0639. The molecule has 1 aromatic heterocycles. The summed E-state index contributed by atoms with van der Waals surface area (Å²) in [5.41, 5.74) is 1.59. The summed E-state index contributed by atoms with van der Waals surface area (Å²) in [4.78, 5) is 33.2. The van der Waals surface area contributed by atoms with Crippen molar-refractivity contribution in [3.8, 4) is 10.4 Å². The first-order valence-electron chi connectivity index (χ1n) is 10.5. The molecule has 5 nitrogen and oxygen atoms in total. The lowest BCUT2D eigenvalue weighted by molar-refractivity contribution is 0.0690. The number of halogens is 2. The molecule has 2 fully saturated rings. The van der Waals surface area contributed by atoms with Gasteiger partial charge in [0.25, 0.3) is 11.8 Å². The average Bonchev–Trinajstić information content (AvgIpc) is 3.28. The highest BCUT2D eigenvalue weighted by Crippen LogP contribution is 2.50. The number of amides is 2. The Hall–Kier alpha value is -2.58. The van der Waals surface area contributed by atoms with Gasteiger partial charge in [0.15, 0.2) is 0 Å². The number of benzene rings is 2. The second kappa shape index (κ2) is 8.41. The van der Waals surface area contributed by atoms with Crippen LogP contribution >= 0.6 is 27.3 Å². The van der Waals surface area contributed by atoms with Crippen molar-refractivity contribution >= 4 is 39.1 Å². The normalized spacial score (nSPS) is 21.3. The van der Waals surface area contributed by atoms with Gasteiger partial charge in [0.2, 0.25) is 0 Å². The van der Waals surface area contributed by atoms with Crippen LogP contribution in [-0.2, 0) is 0 Å². The van der Waals surface area contributed by atoms with Crippen molar-refractivity contribution < 1.29 is 14.0 Å². The van der Waals surface area contributed by atoms with Gasteiger partial charge >= 0.3 is 0 Å². The lowest BCUT2D eigenvalue weighted by atomic mass is 10.1. The highest BCUT2D eigenvalue weighted by atomic mass is 79.9. The van der Waals surface area contributed by atoms with Crippen LogP contribution in [0.5, 0.6) is 0 Å². The summed E-state index contributed by atoms with van der Waals surface area (Å²) in [6.07, 6.45) is 1.08. The fourth-order valence-corrected chi connectivity index (χ4v) is 5.83. The van der Waals surface area contributed by atoms with Crippen molar-refractivity contribution in [1.29, 1.82) is 0 Å². The molecule has 164 valence electrons. The van der Waals surface area contributed by atoms with Gasteiger partial charge in [-0.3, -0.25) is 9.59 Å². The van der Waals surface area contributed by atoms with Crippen molar-refractivity contribution in [2.24, 2.45) is 11.8 Å².